The molecule has 0 amide bonds. The molecule has 1 aliphatic heterocycles. The summed E-state index contributed by atoms with van der Waals surface area (Å²) in [5.74, 6) is 0. The minimum absolute atomic E-state index is 0.0393. The Morgan fingerprint density at radius 2 is 2.06 bits per heavy atom. The number of benzene rings is 1. The van der Waals surface area contributed by atoms with E-state index >= 15 is 0 Å². The van der Waals surface area contributed by atoms with Crippen LogP contribution in [-0.2, 0) is 16.3 Å². The van der Waals surface area contributed by atoms with Crippen molar-refractivity contribution in [3.05, 3.63) is 34.2 Å². The van der Waals surface area contributed by atoms with E-state index in [-0.39, 0.29) is 6.04 Å². The molecule has 0 aliphatic carbocycles. The van der Waals surface area contributed by atoms with E-state index in [2.05, 4.69) is 0 Å². The van der Waals surface area contributed by atoms with Crippen LogP contribution < -0.4 is 5.73 Å². The highest BCUT2D eigenvalue weighted by atomic mass is 32.2. The Bertz CT molecular complexity index is 556. The van der Waals surface area contributed by atoms with Gasteiger partial charge in [0.1, 0.15) is 0 Å². The molecule has 1 atom stereocenters. The van der Waals surface area contributed by atoms with E-state index in [1.165, 1.54) is 0 Å². The lowest BCUT2D eigenvalue weighted by Crippen LogP contribution is -2.19. The molecule has 0 radical (unpaired) electrons. The molecule has 1 heterocycles. The van der Waals surface area contributed by atoms with E-state index < -0.39 is 9.84 Å². The summed E-state index contributed by atoms with van der Waals surface area (Å²) in [6, 6.07) is 5.50. The quantitative estimate of drug-likeness (QED) is 0.852. The molecule has 2 rings (SSSR count). The van der Waals surface area contributed by atoms with Crippen LogP contribution in [0.4, 0.5) is 0 Å². The summed E-state index contributed by atoms with van der Waals surface area (Å²) in [4.78, 5) is 0.865. The smallest absolute Gasteiger partial charge is 0.203 e. The van der Waals surface area contributed by atoms with Crippen molar-refractivity contribution in [2.24, 2.45) is 5.73 Å². The average molecular weight is 237 g/mol. The summed E-state index contributed by atoms with van der Waals surface area (Å²) >= 11 is 0. The van der Waals surface area contributed by atoms with Gasteiger partial charge in [-0.2, -0.15) is 0 Å². The zero-order chi connectivity index (χ0) is 11.9. The Morgan fingerprint density at radius 1 is 1.38 bits per heavy atom. The van der Waals surface area contributed by atoms with Crippen molar-refractivity contribution in [1.82, 2.24) is 0 Å². The predicted molar refractivity (Wildman–Crippen MR) is 64.6 cm³/mol. The van der Waals surface area contributed by atoms with Gasteiger partial charge in [-0.15, -0.1) is 0 Å². The van der Waals surface area contributed by atoms with Crippen molar-refractivity contribution in [3.8, 4) is 0 Å². The fourth-order valence-corrected chi connectivity index (χ4v) is 3.55. The molecule has 0 aromatic heterocycles. The third kappa shape index (κ3) is 1.68. The Morgan fingerprint density at radius 3 is 2.69 bits per heavy atom. The number of allylic oxidation sites excluding steroid dienone is 1. The molecule has 0 saturated carbocycles. The lowest BCUT2D eigenvalue weighted by Gasteiger charge is -2.10. The van der Waals surface area contributed by atoms with Gasteiger partial charge in [0.25, 0.3) is 0 Å². The van der Waals surface area contributed by atoms with Crippen LogP contribution in [-0.4, -0.2) is 14.5 Å². The van der Waals surface area contributed by atoms with E-state index in [4.69, 9.17) is 5.73 Å². The van der Waals surface area contributed by atoms with Crippen LogP contribution in [0.1, 0.15) is 25.0 Å². The van der Waals surface area contributed by atoms with Gasteiger partial charge in [0.2, 0.25) is 9.84 Å². The number of fused-ring (bicyclic) bond motifs is 1. The molecule has 3 nitrogen and oxygen atoms in total. The molecular formula is C12H15NO2S. The second-order valence-corrected chi connectivity index (χ2v) is 6.33. The molecule has 0 fully saturated rings. The summed E-state index contributed by atoms with van der Waals surface area (Å²) in [5.41, 5.74) is 7.34. The van der Waals surface area contributed by atoms with E-state index in [0.29, 0.717) is 16.2 Å². The number of nitrogens with two attached hydrogens (primary N) is 1. The maximum absolute atomic E-state index is 12.1. The van der Waals surface area contributed by atoms with Crippen LogP contribution in [0.15, 0.2) is 28.0 Å². The Hall–Kier alpha value is -1.13. The molecular weight excluding hydrogens is 222 g/mol. The fourth-order valence-electron chi connectivity index (χ4n) is 2.01. The second-order valence-electron chi connectivity index (χ2n) is 4.28. The number of hydrogen-bond acceptors (Lipinski definition) is 3. The van der Waals surface area contributed by atoms with Crippen LogP contribution in [0.5, 0.6) is 0 Å². The highest BCUT2D eigenvalue weighted by Gasteiger charge is 2.29. The van der Waals surface area contributed by atoms with Gasteiger partial charge >= 0.3 is 0 Å². The predicted octanol–water partition coefficient (Wildman–Crippen LogP) is 1.72. The van der Waals surface area contributed by atoms with E-state index in [1.54, 1.807) is 13.0 Å². The summed E-state index contributed by atoms with van der Waals surface area (Å²) < 4.78 is 24.2. The Balaban J connectivity index is 2.62. The van der Waals surface area contributed by atoms with Gasteiger partial charge in [-0.25, -0.2) is 8.42 Å². The maximum Gasteiger partial charge on any atom is 0.203 e. The average Bonchev–Trinajstić information content (AvgIpc) is 2.38. The van der Waals surface area contributed by atoms with Crippen LogP contribution >= 0.6 is 0 Å². The van der Waals surface area contributed by atoms with Crippen molar-refractivity contribution >= 4 is 15.9 Å². The third-order valence-corrected chi connectivity index (χ3v) is 4.72. The maximum atomic E-state index is 12.1. The molecule has 2 N–H and O–H groups in total. The standard InChI is InChI=1S/C12H15NO2S/c1-8(13)6-10-4-3-5-11-7-9(2)16(14,15)12(10)11/h3-5,7-8H,6,13H2,1-2H3. The fraction of sp³-hybridized carbons (Fsp3) is 0.333. The highest BCUT2D eigenvalue weighted by Crippen LogP contribution is 2.35. The van der Waals surface area contributed by atoms with Crippen LogP contribution in [0.25, 0.3) is 6.08 Å². The van der Waals surface area contributed by atoms with E-state index in [1.807, 2.05) is 25.1 Å². The van der Waals surface area contributed by atoms with Gasteiger partial charge in [-0.3, -0.25) is 0 Å². The second kappa shape index (κ2) is 3.71. The van der Waals surface area contributed by atoms with E-state index in [9.17, 15) is 8.42 Å². The third-order valence-electron chi connectivity index (χ3n) is 2.72. The molecule has 1 unspecified atom stereocenters. The van der Waals surface area contributed by atoms with Gasteiger partial charge in [0, 0.05) is 10.9 Å². The van der Waals surface area contributed by atoms with Crippen molar-refractivity contribution in [3.63, 3.8) is 0 Å². The first kappa shape index (κ1) is 11.4. The summed E-state index contributed by atoms with van der Waals surface area (Å²) in [6.07, 6.45) is 2.30. The first-order chi connectivity index (χ1) is 7.43. The topological polar surface area (TPSA) is 60.2 Å². The van der Waals surface area contributed by atoms with Crippen molar-refractivity contribution < 1.29 is 8.42 Å². The van der Waals surface area contributed by atoms with Crippen LogP contribution in [0.2, 0.25) is 0 Å². The van der Waals surface area contributed by atoms with Gasteiger partial charge in [0.05, 0.1) is 4.90 Å². The first-order valence-electron chi connectivity index (χ1n) is 5.24. The van der Waals surface area contributed by atoms with Crippen LogP contribution in [0.3, 0.4) is 0 Å². The molecule has 0 saturated heterocycles. The number of hydrogen-bond donors (Lipinski definition) is 1. The zero-order valence-corrected chi connectivity index (χ0v) is 10.2. The summed E-state index contributed by atoms with van der Waals surface area (Å²) in [7, 11) is -3.26. The van der Waals surface area contributed by atoms with Gasteiger partial charge < -0.3 is 5.73 Å². The largest absolute Gasteiger partial charge is 0.328 e. The number of sulfone groups is 1. The van der Waals surface area contributed by atoms with Crippen molar-refractivity contribution in [2.45, 2.75) is 31.2 Å². The minimum Gasteiger partial charge on any atom is -0.328 e. The van der Waals surface area contributed by atoms with Crippen LogP contribution in [0, 0.1) is 0 Å². The minimum atomic E-state index is -3.26. The van der Waals surface area contributed by atoms with Crippen molar-refractivity contribution in [2.75, 3.05) is 0 Å². The zero-order valence-electron chi connectivity index (χ0n) is 9.40. The molecule has 1 aromatic rings. The monoisotopic (exact) mass is 237 g/mol. The molecule has 4 heteroatoms. The van der Waals surface area contributed by atoms with Gasteiger partial charge in [-0.1, -0.05) is 18.2 Å². The lowest BCUT2D eigenvalue weighted by molar-refractivity contribution is 0.601. The molecule has 16 heavy (non-hydrogen) atoms. The van der Waals surface area contributed by atoms with Gasteiger partial charge in [0.15, 0.2) is 0 Å². The van der Waals surface area contributed by atoms with E-state index in [0.717, 1.165) is 11.1 Å². The number of rotatable bonds is 2. The highest BCUT2D eigenvalue weighted by molar-refractivity contribution is 7.95. The Kier molecular flexibility index (Phi) is 2.64. The molecule has 1 aliphatic rings. The molecule has 0 bridgehead atoms. The van der Waals surface area contributed by atoms with Gasteiger partial charge in [-0.05, 0) is 37.5 Å². The first-order valence-corrected chi connectivity index (χ1v) is 6.72. The Labute approximate surface area is 95.9 Å². The molecule has 1 aromatic carbocycles. The normalized spacial score (nSPS) is 19.1. The lowest BCUT2D eigenvalue weighted by atomic mass is 10.0. The van der Waals surface area contributed by atoms with Crippen molar-refractivity contribution in [1.29, 1.82) is 0 Å². The molecule has 86 valence electrons. The molecule has 0 spiro atoms. The summed E-state index contributed by atoms with van der Waals surface area (Å²) in [5, 5.41) is 0. The summed E-state index contributed by atoms with van der Waals surface area (Å²) in [6.45, 7) is 3.51. The SMILES string of the molecule is CC1=Cc2cccc(CC(C)N)c2S1(=O)=O.